The Morgan fingerprint density at radius 3 is 2.88 bits per heavy atom. The number of hydrogen-bond donors (Lipinski definition) is 0. The molecule has 1 aliphatic heterocycles. The minimum Gasteiger partial charge on any atom is -0.464 e. The van der Waals surface area contributed by atoms with E-state index in [0.29, 0.717) is 11.7 Å². The Kier molecular flexibility index (Phi) is 3.43. The number of pyridine rings is 1. The van der Waals surface area contributed by atoms with Gasteiger partial charge in [-0.2, -0.15) is 0 Å². The molecule has 0 spiro atoms. The lowest BCUT2D eigenvalue weighted by Crippen LogP contribution is -2.36. The summed E-state index contributed by atoms with van der Waals surface area (Å²) in [5.41, 5.74) is 2.65. The van der Waals surface area contributed by atoms with E-state index in [4.69, 9.17) is 0 Å². The smallest absolute Gasteiger partial charge is 0.356 e. The van der Waals surface area contributed by atoms with Gasteiger partial charge in [-0.1, -0.05) is 6.07 Å². The molecule has 4 nitrogen and oxygen atoms in total. The van der Waals surface area contributed by atoms with Gasteiger partial charge in [-0.25, -0.2) is 9.78 Å². The van der Waals surface area contributed by atoms with Crippen LogP contribution >= 0.6 is 0 Å². The zero-order chi connectivity index (χ0) is 12.4. The molecule has 0 atom stereocenters. The fraction of sp³-hybridized carbons (Fsp3) is 0.538. The van der Waals surface area contributed by atoms with E-state index in [9.17, 15) is 4.79 Å². The minimum atomic E-state index is -0.366. The summed E-state index contributed by atoms with van der Waals surface area (Å²) in [4.78, 5) is 18.2. The molecule has 4 heteroatoms. The zero-order valence-electron chi connectivity index (χ0n) is 10.6. The van der Waals surface area contributed by atoms with Gasteiger partial charge >= 0.3 is 5.97 Å². The first kappa shape index (κ1) is 12.0. The van der Waals surface area contributed by atoms with Gasteiger partial charge in [-0.15, -0.1) is 0 Å². The Labute approximate surface area is 102 Å². The number of carbonyl (C=O) groups is 1. The van der Waals surface area contributed by atoms with Crippen LogP contribution < -0.4 is 0 Å². The summed E-state index contributed by atoms with van der Waals surface area (Å²) in [7, 11) is 1.38. The number of carbonyl (C=O) groups excluding carboxylic acids is 1. The lowest BCUT2D eigenvalue weighted by atomic mass is 10.0. The van der Waals surface area contributed by atoms with Gasteiger partial charge in [0.2, 0.25) is 0 Å². The molecule has 92 valence electrons. The molecule has 1 aromatic heterocycles. The SMILES string of the molecule is COC(=O)c1ccc2c(n1)CN(C(C)C)CC2. The van der Waals surface area contributed by atoms with Crippen molar-refractivity contribution in [3.05, 3.63) is 29.1 Å². The number of methoxy groups -OCH3 is 1. The van der Waals surface area contributed by atoms with Crippen LogP contribution in [0.4, 0.5) is 0 Å². The zero-order valence-corrected chi connectivity index (χ0v) is 10.6. The van der Waals surface area contributed by atoms with Crippen LogP contribution in [-0.2, 0) is 17.7 Å². The lowest BCUT2D eigenvalue weighted by molar-refractivity contribution is 0.0593. The molecular weight excluding hydrogens is 216 g/mol. The first-order chi connectivity index (χ1) is 8.11. The molecule has 1 aromatic rings. The van der Waals surface area contributed by atoms with E-state index < -0.39 is 0 Å². The van der Waals surface area contributed by atoms with Crippen LogP contribution in [0.25, 0.3) is 0 Å². The van der Waals surface area contributed by atoms with E-state index >= 15 is 0 Å². The van der Waals surface area contributed by atoms with Crippen LogP contribution in [0.1, 0.15) is 35.6 Å². The normalized spacial score (nSPS) is 15.8. The van der Waals surface area contributed by atoms with Crippen LogP contribution in [0.5, 0.6) is 0 Å². The Morgan fingerprint density at radius 2 is 2.24 bits per heavy atom. The summed E-state index contributed by atoms with van der Waals surface area (Å²) in [5.74, 6) is -0.366. The maximum Gasteiger partial charge on any atom is 0.356 e. The van der Waals surface area contributed by atoms with Crippen molar-refractivity contribution in [2.45, 2.75) is 32.9 Å². The second kappa shape index (κ2) is 4.84. The Balaban J connectivity index is 2.26. The lowest BCUT2D eigenvalue weighted by Gasteiger charge is -2.31. The van der Waals surface area contributed by atoms with Crippen LogP contribution in [0, 0.1) is 0 Å². The third-order valence-electron chi connectivity index (χ3n) is 3.21. The maximum atomic E-state index is 11.4. The summed E-state index contributed by atoms with van der Waals surface area (Å²) in [6.07, 6.45) is 1.00. The third kappa shape index (κ3) is 2.47. The molecule has 0 amide bonds. The van der Waals surface area contributed by atoms with Gasteiger partial charge < -0.3 is 4.74 Å². The number of rotatable bonds is 2. The quantitative estimate of drug-likeness (QED) is 0.729. The first-order valence-corrected chi connectivity index (χ1v) is 5.93. The molecule has 2 heterocycles. The van der Waals surface area contributed by atoms with Crippen molar-refractivity contribution in [2.75, 3.05) is 13.7 Å². The van der Waals surface area contributed by atoms with E-state index in [2.05, 4.69) is 28.5 Å². The molecule has 2 rings (SSSR count). The van der Waals surface area contributed by atoms with E-state index in [-0.39, 0.29) is 5.97 Å². The molecule has 0 saturated heterocycles. The second-order valence-electron chi connectivity index (χ2n) is 4.61. The minimum absolute atomic E-state index is 0.366. The van der Waals surface area contributed by atoms with Crippen molar-refractivity contribution in [2.24, 2.45) is 0 Å². The van der Waals surface area contributed by atoms with Crippen molar-refractivity contribution in [1.29, 1.82) is 0 Å². The number of aromatic nitrogens is 1. The average Bonchev–Trinajstić information content (AvgIpc) is 2.36. The molecule has 1 aliphatic rings. The molecule has 17 heavy (non-hydrogen) atoms. The van der Waals surface area contributed by atoms with E-state index in [1.54, 1.807) is 6.07 Å². The van der Waals surface area contributed by atoms with E-state index in [1.807, 2.05) is 6.07 Å². The molecule has 0 saturated carbocycles. The van der Waals surface area contributed by atoms with E-state index in [1.165, 1.54) is 12.7 Å². The maximum absolute atomic E-state index is 11.4. The fourth-order valence-corrected chi connectivity index (χ4v) is 2.09. The Morgan fingerprint density at radius 1 is 1.47 bits per heavy atom. The van der Waals surface area contributed by atoms with Gasteiger partial charge in [0.15, 0.2) is 0 Å². The summed E-state index contributed by atoms with van der Waals surface area (Å²) in [6, 6.07) is 4.24. The molecule has 0 aliphatic carbocycles. The summed E-state index contributed by atoms with van der Waals surface area (Å²) >= 11 is 0. The Bertz CT molecular complexity index is 429. The number of ether oxygens (including phenoxy) is 1. The number of fused-ring (bicyclic) bond motifs is 1. The molecule has 0 fully saturated rings. The van der Waals surface area contributed by atoms with Crippen LogP contribution in [-0.4, -0.2) is 35.5 Å². The van der Waals surface area contributed by atoms with Crippen molar-refractivity contribution in [1.82, 2.24) is 9.88 Å². The highest BCUT2D eigenvalue weighted by Gasteiger charge is 2.20. The summed E-state index contributed by atoms with van der Waals surface area (Å²) < 4.78 is 4.69. The van der Waals surface area contributed by atoms with Gasteiger partial charge in [-0.05, 0) is 31.9 Å². The summed E-state index contributed by atoms with van der Waals surface area (Å²) in [6.45, 7) is 6.23. The largest absolute Gasteiger partial charge is 0.464 e. The second-order valence-corrected chi connectivity index (χ2v) is 4.61. The molecule has 0 unspecified atom stereocenters. The molecule has 0 N–H and O–H groups in total. The van der Waals surface area contributed by atoms with Crippen LogP contribution in [0.2, 0.25) is 0 Å². The predicted molar refractivity (Wildman–Crippen MR) is 64.8 cm³/mol. The molecule has 0 aromatic carbocycles. The Hall–Kier alpha value is -1.42. The standard InChI is InChI=1S/C13H18N2O2/c1-9(2)15-7-6-10-4-5-11(13(16)17-3)14-12(10)8-15/h4-5,9H,6-8H2,1-3H3. The van der Waals surface area contributed by atoms with Crippen molar-refractivity contribution >= 4 is 5.97 Å². The van der Waals surface area contributed by atoms with Crippen LogP contribution in [0.3, 0.4) is 0 Å². The number of esters is 1. The average molecular weight is 234 g/mol. The van der Waals surface area contributed by atoms with Gasteiger partial charge in [-0.3, -0.25) is 4.90 Å². The fourth-order valence-electron chi connectivity index (χ4n) is 2.09. The van der Waals surface area contributed by atoms with Crippen LogP contribution in [0.15, 0.2) is 12.1 Å². The highest BCUT2D eigenvalue weighted by molar-refractivity contribution is 5.87. The third-order valence-corrected chi connectivity index (χ3v) is 3.21. The van der Waals surface area contributed by atoms with Crippen molar-refractivity contribution < 1.29 is 9.53 Å². The van der Waals surface area contributed by atoms with E-state index in [0.717, 1.165) is 25.2 Å². The molecular formula is C13H18N2O2. The van der Waals surface area contributed by atoms with Crippen molar-refractivity contribution in [3.8, 4) is 0 Å². The monoisotopic (exact) mass is 234 g/mol. The highest BCUT2D eigenvalue weighted by atomic mass is 16.5. The molecule has 0 radical (unpaired) electrons. The van der Waals surface area contributed by atoms with Gasteiger partial charge in [0.25, 0.3) is 0 Å². The van der Waals surface area contributed by atoms with Gasteiger partial charge in [0.1, 0.15) is 5.69 Å². The topological polar surface area (TPSA) is 42.4 Å². The number of hydrogen-bond acceptors (Lipinski definition) is 4. The van der Waals surface area contributed by atoms with Gasteiger partial charge in [0.05, 0.1) is 12.8 Å². The van der Waals surface area contributed by atoms with Crippen molar-refractivity contribution in [3.63, 3.8) is 0 Å². The molecule has 0 bridgehead atoms. The number of nitrogens with zero attached hydrogens (tertiary/aromatic N) is 2. The summed E-state index contributed by atoms with van der Waals surface area (Å²) in [5, 5.41) is 0. The predicted octanol–water partition coefficient (Wildman–Crippen LogP) is 1.63. The van der Waals surface area contributed by atoms with Gasteiger partial charge in [0, 0.05) is 19.1 Å². The highest BCUT2D eigenvalue weighted by Crippen LogP contribution is 2.19. The first-order valence-electron chi connectivity index (χ1n) is 5.93.